The first kappa shape index (κ1) is 17.9. The highest BCUT2D eigenvalue weighted by atomic mass is 35.5. The summed E-state index contributed by atoms with van der Waals surface area (Å²) in [4.78, 5) is 0. The Labute approximate surface area is 165 Å². The number of aromatic nitrogens is 2. The van der Waals surface area contributed by atoms with Crippen molar-refractivity contribution in [3.63, 3.8) is 0 Å². The summed E-state index contributed by atoms with van der Waals surface area (Å²) in [6.07, 6.45) is 2.37. The minimum atomic E-state index is -1.99. The van der Waals surface area contributed by atoms with Gasteiger partial charge in [0.1, 0.15) is 35.0 Å². The molecule has 4 heteroatoms. The maximum absolute atomic E-state index is 6.51. The van der Waals surface area contributed by atoms with Crippen LogP contribution in [-0.4, -0.2) is 10.2 Å². The second-order valence-electron chi connectivity index (χ2n) is 6.30. The Morgan fingerprint density at radius 3 is 1.48 bits per heavy atom. The van der Waals surface area contributed by atoms with Gasteiger partial charge in [-0.3, -0.25) is 0 Å². The summed E-state index contributed by atoms with van der Waals surface area (Å²) >= 11 is 6.51. The lowest BCUT2D eigenvalue weighted by Crippen LogP contribution is -2.32. The van der Waals surface area contributed by atoms with E-state index in [-0.39, 0.29) is 0 Å². The molecule has 0 N–H and O–H groups in total. The molecule has 0 aliphatic rings. The lowest BCUT2D eigenvalue weighted by Gasteiger charge is -2.27. The topological polar surface area (TPSA) is 25.8 Å². The molecule has 0 saturated heterocycles. The molecular weight excluding hydrogens is 371 g/mol. The molecule has 132 valence electrons. The van der Waals surface area contributed by atoms with Gasteiger partial charge >= 0.3 is 0 Å². The summed E-state index contributed by atoms with van der Waals surface area (Å²) in [5, 5.41) is 13.1. The van der Waals surface area contributed by atoms with Crippen molar-refractivity contribution in [2.24, 2.45) is 0 Å². The standard InChI is InChI=1S/C23H19ClN2P/c24-22-16-17-25-26-23(22)18-27(19-10-4-1-5-11-19,20-12-6-2-7-13-20)21-14-8-3-9-15-21/h1-17H,18H2/q+1. The smallest absolute Gasteiger partial charge is 0.120 e. The number of rotatable bonds is 5. The zero-order chi connectivity index (χ0) is 18.5. The molecule has 0 radical (unpaired) electrons. The van der Waals surface area contributed by atoms with Gasteiger partial charge in [0.05, 0.1) is 11.2 Å². The van der Waals surface area contributed by atoms with Crippen LogP contribution < -0.4 is 15.9 Å². The van der Waals surface area contributed by atoms with Crippen LogP contribution in [0.3, 0.4) is 0 Å². The van der Waals surface area contributed by atoms with E-state index in [1.54, 1.807) is 6.20 Å². The van der Waals surface area contributed by atoms with Gasteiger partial charge in [-0.2, -0.15) is 10.2 Å². The molecule has 0 spiro atoms. The molecule has 4 rings (SSSR count). The highest BCUT2D eigenvalue weighted by Crippen LogP contribution is 2.58. The summed E-state index contributed by atoms with van der Waals surface area (Å²) in [6.45, 7) is 0. The van der Waals surface area contributed by atoms with E-state index < -0.39 is 7.26 Å². The fraction of sp³-hybridized carbons (Fsp3) is 0.0435. The van der Waals surface area contributed by atoms with E-state index in [1.807, 2.05) is 6.07 Å². The van der Waals surface area contributed by atoms with Crippen LogP contribution in [-0.2, 0) is 6.16 Å². The van der Waals surface area contributed by atoms with E-state index in [9.17, 15) is 0 Å². The van der Waals surface area contributed by atoms with Crippen LogP contribution in [0.1, 0.15) is 5.69 Å². The number of halogens is 1. The summed E-state index contributed by atoms with van der Waals surface area (Å²) in [5.41, 5.74) is 0.837. The molecule has 0 bridgehead atoms. The molecule has 3 aromatic carbocycles. The van der Waals surface area contributed by atoms with E-state index in [0.717, 1.165) is 11.9 Å². The Morgan fingerprint density at radius 2 is 1.07 bits per heavy atom. The van der Waals surface area contributed by atoms with Crippen molar-refractivity contribution in [2.75, 3.05) is 0 Å². The lowest BCUT2D eigenvalue weighted by molar-refractivity contribution is 0.969. The van der Waals surface area contributed by atoms with Crippen LogP contribution >= 0.6 is 18.9 Å². The van der Waals surface area contributed by atoms with Gasteiger partial charge in [-0.1, -0.05) is 66.2 Å². The Bertz CT molecular complexity index is 911. The predicted octanol–water partition coefficient (Wildman–Crippen LogP) is 4.62. The van der Waals surface area contributed by atoms with E-state index in [0.29, 0.717) is 5.02 Å². The van der Waals surface area contributed by atoms with Gasteiger partial charge < -0.3 is 0 Å². The Balaban J connectivity index is 2.02. The molecule has 0 fully saturated rings. The summed E-state index contributed by atoms with van der Waals surface area (Å²) in [7, 11) is -1.99. The third-order valence-electron chi connectivity index (χ3n) is 4.72. The predicted molar refractivity (Wildman–Crippen MR) is 116 cm³/mol. The van der Waals surface area contributed by atoms with Gasteiger partial charge in [-0.15, -0.1) is 0 Å². The van der Waals surface area contributed by atoms with Crippen molar-refractivity contribution in [1.29, 1.82) is 0 Å². The second-order valence-corrected chi connectivity index (χ2v) is 10.2. The summed E-state index contributed by atoms with van der Waals surface area (Å²) in [6, 6.07) is 34.0. The fourth-order valence-electron chi connectivity index (χ4n) is 3.45. The maximum Gasteiger partial charge on any atom is 0.120 e. The molecule has 27 heavy (non-hydrogen) atoms. The Hall–Kier alpha value is -2.54. The fourth-order valence-corrected chi connectivity index (χ4v) is 7.87. The highest BCUT2D eigenvalue weighted by molar-refractivity contribution is 7.95. The van der Waals surface area contributed by atoms with Crippen LogP contribution in [0, 0.1) is 0 Å². The molecule has 0 saturated carbocycles. The van der Waals surface area contributed by atoms with Gasteiger partial charge in [0.15, 0.2) is 0 Å². The first-order valence-electron chi connectivity index (χ1n) is 8.82. The van der Waals surface area contributed by atoms with Gasteiger partial charge in [0.25, 0.3) is 0 Å². The number of nitrogens with zero attached hydrogens (tertiary/aromatic N) is 2. The average Bonchev–Trinajstić information content (AvgIpc) is 2.75. The number of benzene rings is 3. The summed E-state index contributed by atoms with van der Waals surface area (Å²) < 4.78 is 0. The molecule has 4 aromatic rings. The SMILES string of the molecule is Clc1ccnnc1C[P+](c1ccccc1)(c1ccccc1)c1ccccc1. The van der Waals surface area contributed by atoms with Crippen LogP contribution in [0.15, 0.2) is 103 Å². The molecule has 1 heterocycles. The van der Waals surface area contributed by atoms with Crippen molar-refractivity contribution < 1.29 is 0 Å². The highest BCUT2D eigenvalue weighted by Gasteiger charge is 2.46. The lowest BCUT2D eigenvalue weighted by atomic mass is 10.3. The molecule has 1 aromatic heterocycles. The van der Waals surface area contributed by atoms with E-state index in [4.69, 9.17) is 11.6 Å². The normalized spacial score (nSPS) is 11.3. The van der Waals surface area contributed by atoms with Crippen molar-refractivity contribution >= 4 is 34.8 Å². The molecular formula is C23H19ClN2P+. The first-order chi connectivity index (χ1) is 13.3. The van der Waals surface area contributed by atoms with Gasteiger partial charge in [0, 0.05) is 0 Å². The van der Waals surface area contributed by atoms with Crippen LogP contribution in [0.2, 0.25) is 5.02 Å². The molecule has 0 aliphatic carbocycles. The number of hydrogen-bond donors (Lipinski definition) is 0. The van der Waals surface area contributed by atoms with Crippen LogP contribution in [0.4, 0.5) is 0 Å². The molecule has 0 aliphatic heterocycles. The summed E-state index contributed by atoms with van der Waals surface area (Å²) in [5.74, 6) is 0. The monoisotopic (exact) mass is 389 g/mol. The Kier molecular flexibility index (Phi) is 5.29. The van der Waals surface area contributed by atoms with Crippen molar-refractivity contribution in [3.05, 3.63) is 114 Å². The zero-order valence-electron chi connectivity index (χ0n) is 14.7. The molecule has 0 atom stereocenters. The van der Waals surface area contributed by atoms with Gasteiger partial charge in [0.2, 0.25) is 0 Å². The minimum Gasteiger partial charge on any atom is -0.159 e. The molecule has 0 unspecified atom stereocenters. The van der Waals surface area contributed by atoms with E-state index >= 15 is 0 Å². The van der Waals surface area contributed by atoms with Crippen molar-refractivity contribution in [3.8, 4) is 0 Å². The average molecular weight is 390 g/mol. The molecule has 0 amide bonds. The van der Waals surface area contributed by atoms with Crippen LogP contribution in [0.25, 0.3) is 0 Å². The maximum atomic E-state index is 6.51. The van der Waals surface area contributed by atoms with Gasteiger partial charge in [-0.05, 0) is 42.5 Å². The number of hydrogen-bond acceptors (Lipinski definition) is 2. The third kappa shape index (κ3) is 3.51. The zero-order valence-corrected chi connectivity index (χ0v) is 16.4. The first-order valence-corrected chi connectivity index (χ1v) is 11.2. The third-order valence-corrected chi connectivity index (χ3v) is 9.38. The second kappa shape index (κ2) is 8.00. The van der Waals surface area contributed by atoms with E-state index in [1.165, 1.54) is 15.9 Å². The van der Waals surface area contributed by atoms with Crippen molar-refractivity contribution in [1.82, 2.24) is 10.2 Å². The Morgan fingerprint density at radius 1 is 0.630 bits per heavy atom. The quantitative estimate of drug-likeness (QED) is 0.465. The largest absolute Gasteiger partial charge is 0.159 e. The van der Waals surface area contributed by atoms with Crippen LogP contribution in [0.5, 0.6) is 0 Å². The molecule has 2 nitrogen and oxygen atoms in total. The van der Waals surface area contributed by atoms with Crippen molar-refractivity contribution in [2.45, 2.75) is 6.16 Å². The van der Waals surface area contributed by atoms with E-state index in [2.05, 4.69) is 101 Å². The minimum absolute atomic E-state index is 0.664. The van der Waals surface area contributed by atoms with Gasteiger partial charge in [-0.25, -0.2) is 0 Å².